The minimum atomic E-state index is -4.73. The van der Waals surface area contributed by atoms with Crippen molar-refractivity contribution >= 4 is 19.7 Å². The first-order chi connectivity index (χ1) is 36.4. The van der Waals surface area contributed by atoms with E-state index in [2.05, 4.69) is 135 Å². The van der Waals surface area contributed by atoms with Gasteiger partial charge in [-0.1, -0.05) is 219 Å². The lowest BCUT2D eigenvalue weighted by Gasteiger charge is -2.30. The van der Waals surface area contributed by atoms with E-state index in [4.69, 9.17) is 13.8 Å². The summed E-state index contributed by atoms with van der Waals surface area (Å²) < 4.78 is 30.2. The van der Waals surface area contributed by atoms with Crippen LogP contribution in [0.5, 0.6) is 0 Å². The fourth-order valence-corrected chi connectivity index (χ4v) is 8.25. The average molecular weight is 1060 g/mol. The van der Waals surface area contributed by atoms with E-state index in [9.17, 15) is 19.0 Å². The van der Waals surface area contributed by atoms with E-state index >= 15 is 0 Å². The number of nitrogens with one attached hydrogen (secondary N) is 1. The van der Waals surface area contributed by atoms with Crippen LogP contribution in [0.4, 0.5) is 0 Å². The van der Waals surface area contributed by atoms with Gasteiger partial charge < -0.3 is 28.5 Å². The Morgan fingerprint density at radius 2 is 0.867 bits per heavy atom. The molecule has 426 valence electrons. The third-order valence-corrected chi connectivity index (χ3v) is 13.0. The van der Waals surface area contributed by atoms with Gasteiger partial charge in [0, 0.05) is 12.8 Å². The van der Waals surface area contributed by atoms with Crippen molar-refractivity contribution in [3.63, 3.8) is 0 Å². The summed E-state index contributed by atoms with van der Waals surface area (Å²) in [6.45, 7) is 6.58. The highest BCUT2D eigenvalue weighted by molar-refractivity contribution is 7.45. The molecule has 0 spiro atoms. The maximum absolute atomic E-state index is 13.5. The van der Waals surface area contributed by atoms with Crippen LogP contribution in [0.25, 0.3) is 0 Å². The lowest BCUT2D eigenvalue weighted by Crippen LogP contribution is -2.47. The van der Waals surface area contributed by atoms with Gasteiger partial charge in [-0.25, -0.2) is 0 Å². The van der Waals surface area contributed by atoms with Gasteiger partial charge in [-0.05, 0) is 115 Å². The molecule has 1 amide bonds. The number of quaternary nitrogens is 1. The fraction of sp³-hybridized carbons (Fsp3) is 0.631. The van der Waals surface area contributed by atoms with E-state index in [1.165, 1.54) is 70.6 Å². The van der Waals surface area contributed by atoms with Crippen molar-refractivity contribution in [1.29, 1.82) is 0 Å². The van der Waals surface area contributed by atoms with Crippen molar-refractivity contribution < 1.29 is 37.3 Å². The molecule has 10 heteroatoms. The molecule has 0 saturated carbocycles. The van der Waals surface area contributed by atoms with Crippen LogP contribution in [0.15, 0.2) is 134 Å². The molecule has 75 heavy (non-hydrogen) atoms. The molecule has 0 aliphatic heterocycles. The van der Waals surface area contributed by atoms with Gasteiger partial charge in [-0.2, -0.15) is 0 Å². The molecule has 0 fully saturated rings. The number of hydrogen-bond donors (Lipinski definition) is 1. The normalized spacial score (nSPS) is 14.7. The molecule has 0 radical (unpaired) electrons. The van der Waals surface area contributed by atoms with Gasteiger partial charge in [-0.3, -0.25) is 14.2 Å². The molecule has 0 aromatic rings. The molecule has 3 atom stereocenters. The third-order valence-electron chi connectivity index (χ3n) is 12.1. The summed E-state index contributed by atoms with van der Waals surface area (Å²) in [5.41, 5.74) is 0. The lowest BCUT2D eigenvalue weighted by molar-refractivity contribution is -0.870. The SMILES string of the molecule is CC/C=C\C/C=C\C/C=C\C/C=C\C/C=C\C/C=C\CCC(=O)NC(COP(=O)([O-])OCC[N+](C)(C)C)C(/C=C/CCCCCCCCCCC)OC(=O)CCCCC/C=C\C/C=C\C/C=C\C/C=C\CCCCC. The Kier molecular flexibility index (Phi) is 50.8. The molecule has 0 heterocycles. The minimum Gasteiger partial charge on any atom is -0.756 e. The first-order valence-electron chi connectivity index (χ1n) is 29.5. The first kappa shape index (κ1) is 71.2. The van der Waals surface area contributed by atoms with Crippen LogP contribution < -0.4 is 10.2 Å². The van der Waals surface area contributed by atoms with Crippen LogP contribution in [-0.2, 0) is 27.9 Å². The van der Waals surface area contributed by atoms with Crippen LogP contribution in [0.3, 0.4) is 0 Å². The number of phosphoric acid groups is 1. The Bertz CT molecular complexity index is 1740. The van der Waals surface area contributed by atoms with Gasteiger partial charge in [0.2, 0.25) is 5.91 Å². The Morgan fingerprint density at radius 3 is 1.33 bits per heavy atom. The molecule has 0 saturated heterocycles. The number of phosphoric ester groups is 1. The number of allylic oxidation sites excluding steroid dienone is 21. The first-order valence-corrected chi connectivity index (χ1v) is 31.0. The van der Waals surface area contributed by atoms with Crippen LogP contribution >= 0.6 is 7.82 Å². The average Bonchev–Trinajstić information content (AvgIpc) is 3.37. The fourth-order valence-electron chi connectivity index (χ4n) is 7.53. The van der Waals surface area contributed by atoms with Crippen molar-refractivity contribution in [3.05, 3.63) is 134 Å². The molecular weight excluding hydrogens is 952 g/mol. The second-order valence-corrected chi connectivity index (χ2v) is 21.8. The number of ether oxygens (including phenoxy) is 1. The maximum atomic E-state index is 13.5. The van der Waals surface area contributed by atoms with Gasteiger partial charge >= 0.3 is 5.97 Å². The Balaban J connectivity index is 5.48. The Hall–Kier alpha value is -3.85. The van der Waals surface area contributed by atoms with Crippen molar-refractivity contribution in [2.75, 3.05) is 40.9 Å². The van der Waals surface area contributed by atoms with Gasteiger partial charge in [0.25, 0.3) is 7.82 Å². The topological polar surface area (TPSA) is 114 Å². The van der Waals surface area contributed by atoms with E-state index in [-0.39, 0.29) is 25.4 Å². The van der Waals surface area contributed by atoms with E-state index < -0.39 is 32.5 Å². The number of amides is 1. The molecule has 0 aliphatic carbocycles. The smallest absolute Gasteiger partial charge is 0.306 e. The highest BCUT2D eigenvalue weighted by Gasteiger charge is 2.27. The summed E-state index contributed by atoms with van der Waals surface area (Å²) in [4.78, 5) is 39.8. The Labute approximate surface area is 460 Å². The monoisotopic (exact) mass is 1060 g/mol. The third kappa shape index (κ3) is 54.7. The number of unbranched alkanes of at least 4 members (excludes halogenated alkanes) is 15. The summed E-state index contributed by atoms with van der Waals surface area (Å²) in [5.74, 6) is -0.688. The van der Waals surface area contributed by atoms with Gasteiger partial charge in [0.05, 0.1) is 33.8 Å². The van der Waals surface area contributed by atoms with Gasteiger partial charge in [-0.15, -0.1) is 0 Å². The van der Waals surface area contributed by atoms with E-state index in [0.717, 1.165) is 96.3 Å². The molecule has 1 N–H and O–H groups in total. The lowest BCUT2D eigenvalue weighted by atomic mass is 10.1. The van der Waals surface area contributed by atoms with Crippen molar-refractivity contribution in [2.24, 2.45) is 0 Å². The predicted octanol–water partition coefficient (Wildman–Crippen LogP) is 17.5. The highest BCUT2D eigenvalue weighted by Crippen LogP contribution is 2.38. The van der Waals surface area contributed by atoms with Gasteiger partial charge in [0.1, 0.15) is 19.3 Å². The van der Waals surface area contributed by atoms with Crippen molar-refractivity contribution in [2.45, 2.75) is 226 Å². The summed E-state index contributed by atoms with van der Waals surface area (Å²) in [7, 11) is 1.10. The van der Waals surface area contributed by atoms with E-state index in [0.29, 0.717) is 23.9 Å². The van der Waals surface area contributed by atoms with Crippen LogP contribution in [0, 0.1) is 0 Å². The summed E-state index contributed by atoms with van der Waals surface area (Å²) in [6, 6.07) is -0.951. The zero-order chi connectivity index (χ0) is 55.0. The molecule has 3 unspecified atom stereocenters. The quantitative estimate of drug-likeness (QED) is 0.0212. The molecule has 0 aromatic heterocycles. The second kappa shape index (κ2) is 53.5. The number of carbonyl (C=O) groups excluding carboxylic acids is 2. The molecule has 9 nitrogen and oxygen atoms in total. The molecule has 0 aromatic carbocycles. The number of carbonyl (C=O) groups is 2. The number of hydrogen-bond acceptors (Lipinski definition) is 7. The minimum absolute atomic E-state index is 0.0489. The van der Waals surface area contributed by atoms with E-state index in [1.54, 1.807) is 6.08 Å². The number of likely N-dealkylation sites (N-methyl/N-ethyl adjacent to an activating group) is 1. The summed E-state index contributed by atoms with van der Waals surface area (Å²) in [5, 5.41) is 2.96. The Morgan fingerprint density at radius 1 is 0.480 bits per heavy atom. The molecule has 0 rings (SSSR count). The number of esters is 1. The van der Waals surface area contributed by atoms with Crippen molar-refractivity contribution in [1.82, 2.24) is 5.32 Å². The predicted molar refractivity (Wildman–Crippen MR) is 320 cm³/mol. The van der Waals surface area contributed by atoms with Crippen LogP contribution in [-0.4, -0.2) is 69.4 Å². The second-order valence-electron chi connectivity index (χ2n) is 20.4. The van der Waals surface area contributed by atoms with Gasteiger partial charge in [0.15, 0.2) is 0 Å². The standard InChI is InChI=1S/C65H109N2O7P/c1-7-10-13-16-19-22-25-27-29-31-33-35-37-39-42-45-48-51-54-57-64(68)66-62(61-73-75(70,71)72-60-59-67(4,5)6)63(56-53-50-47-44-41-24-21-18-15-12-9-3)74-65(69)58-55-52-49-46-43-40-38-36-34-32-30-28-26-23-20-17-14-11-8-2/h10,13,19-20,22-23,27-30,33-36,39-40,42-43,48,51,53,56,62-63H,7-9,11-12,14-18,21,24-26,31-32,37-38,41,44-47,49-50,52,54-55,57-61H2,1-6H3,(H-,66,68,70,71)/b13-10-,22-19-,23-20-,29-27-,30-28-,35-33-,36-34-,42-39-,43-40-,51-48-,56-53+. The van der Waals surface area contributed by atoms with E-state index in [1.807, 2.05) is 39.4 Å². The largest absolute Gasteiger partial charge is 0.756 e. The number of nitrogens with zero attached hydrogens (tertiary/aromatic N) is 1. The number of rotatable bonds is 51. The molecule has 0 bridgehead atoms. The molecular formula is C65H109N2O7P. The molecule has 0 aliphatic rings. The highest BCUT2D eigenvalue weighted by atomic mass is 31.2. The van der Waals surface area contributed by atoms with Crippen LogP contribution in [0.2, 0.25) is 0 Å². The zero-order valence-electron chi connectivity index (χ0n) is 48.4. The zero-order valence-corrected chi connectivity index (χ0v) is 49.3. The van der Waals surface area contributed by atoms with Crippen molar-refractivity contribution in [3.8, 4) is 0 Å². The maximum Gasteiger partial charge on any atom is 0.306 e. The summed E-state index contributed by atoms with van der Waals surface area (Å²) in [6.07, 6.45) is 75.8. The van der Waals surface area contributed by atoms with Crippen LogP contribution in [0.1, 0.15) is 213 Å². The summed E-state index contributed by atoms with van der Waals surface area (Å²) >= 11 is 0.